The first-order valence-electron chi connectivity index (χ1n) is 7.36. The van der Waals surface area contributed by atoms with Crippen LogP contribution in [0.5, 0.6) is 0 Å². The first kappa shape index (κ1) is 15.2. The molecule has 0 aliphatic heterocycles. The van der Waals surface area contributed by atoms with E-state index in [2.05, 4.69) is 45.7 Å². The molecule has 3 heteroatoms. The van der Waals surface area contributed by atoms with Crippen molar-refractivity contribution < 1.29 is 0 Å². The number of benzene rings is 1. The van der Waals surface area contributed by atoms with Crippen molar-refractivity contribution in [1.82, 2.24) is 9.55 Å². The lowest BCUT2D eigenvalue weighted by Gasteiger charge is -2.09. The van der Waals surface area contributed by atoms with E-state index in [9.17, 15) is 0 Å². The Bertz CT molecular complexity index is 702. The predicted molar refractivity (Wildman–Crippen MR) is 89.1 cm³/mol. The second-order valence-corrected chi connectivity index (χ2v) is 5.55. The van der Waals surface area contributed by atoms with Crippen molar-refractivity contribution in [2.45, 2.75) is 47.1 Å². The number of nitrogen functional groups attached to an aromatic ring is 1. The molecule has 1 aromatic carbocycles. The Labute approximate surface area is 127 Å². The van der Waals surface area contributed by atoms with Crippen LogP contribution in [0.4, 0.5) is 5.82 Å². The van der Waals surface area contributed by atoms with Crippen LogP contribution in [0.15, 0.2) is 12.1 Å². The van der Waals surface area contributed by atoms with E-state index in [-0.39, 0.29) is 0 Å². The highest BCUT2D eigenvalue weighted by Gasteiger charge is 2.17. The zero-order valence-electron chi connectivity index (χ0n) is 13.3. The minimum atomic E-state index is 0.470. The van der Waals surface area contributed by atoms with Crippen molar-refractivity contribution in [2.75, 3.05) is 5.73 Å². The highest BCUT2D eigenvalue weighted by Crippen LogP contribution is 2.31. The van der Waals surface area contributed by atoms with E-state index in [0.717, 1.165) is 29.9 Å². The number of aromatic nitrogens is 2. The third-order valence-electron chi connectivity index (χ3n) is 3.90. The zero-order valence-corrected chi connectivity index (χ0v) is 13.3. The highest BCUT2D eigenvalue weighted by atomic mass is 15.1. The molecule has 0 saturated heterocycles. The SMILES string of the molecule is C#CCn1c(CCC)nc(-c2cc(C)c(C)cc2C)c1N. The van der Waals surface area contributed by atoms with Crippen molar-refractivity contribution in [1.29, 1.82) is 0 Å². The third-order valence-corrected chi connectivity index (χ3v) is 3.90. The molecule has 2 N–H and O–H groups in total. The molecule has 110 valence electrons. The van der Waals surface area contributed by atoms with Gasteiger partial charge in [0.15, 0.2) is 0 Å². The second-order valence-electron chi connectivity index (χ2n) is 5.55. The lowest BCUT2D eigenvalue weighted by atomic mass is 9.99. The highest BCUT2D eigenvalue weighted by molar-refractivity contribution is 5.74. The summed E-state index contributed by atoms with van der Waals surface area (Å²) in [6.07, 6.45) is 7.37. The standard InChI is InChI=1S/C18H23N3/c1-6-8-16-20-17(18(19)21(16)9-7-2)15-11-13(4)12(3)10-14(15)5/h2,10-11H,6,8-9,19H2,1,3-5H3. The van der Waals surface area contributed by atoms with Crippen molar-refractivity contribution in [3.63, 3.8) is 0 Å². The topological polar surface area (TPSA) is 43.8 Å². The van der Waals surface area contributed by atoms with E-state index in [0.29, 0.717) is 12.4 Å². The molecular formula is C18H23N3. The number of nitrogens with two attached hydrogens (primary N) is 1. The van der Waals surface area contributed by atoms with Gasteiger partial charge in [0.05, 0.1) is 6.54 Å². The van der Waals surface area contributed by atoms with E-state index in [1.165, 1.54) is 16.7 Å². The van der Waals surface area contributed by atoms with E-state index in [1.807, 2.05) is 4.57 Å². The first-order valence-corrected chi connectivity index (χ1v) is 7.36. The number of hydrogen-bond donors (Lipinski definition) is 1. The average molecular weight is 281 g/mol. The van der Waals surface area contributed by atoms with E-state index < -0.39 is 0 Å². The van der Waals surface area contributed by atoms with Crippen LogP contribution in [-0.4, -0.2) is 9.55 Å². The molecule has 21 heavy (non-hydrogen) atoms. The molecule has 2 rings (SSSR count). The van der Waals surface area contributed by atoms with Gasteiger partial charge < -0.3 is 10.3 Å². The van der Waals surface area contributed by atoms with Gasteiger partial charge in [-0.05, 0) is 49.9 Å². The van der Waals surface area contributed by atoms with Gasteiger partial charge in [-0.1, -0.05) is 18.9 Å². The van der Waals surface area contributed by atoms with E-state index in [4.69, 9.17) is 17.1 Å². The minimum absolute atomic E-state index is 0.470. The summed E-state index contributed by atoms with van der Waals surface area (Å²) in [4.78, 5) is 4.76. The molecule has 1 aromatic heterocycles. The number of imidazole rings is 1. The molecule has 1 heterocycles. The fourth-order valence-electron chi connectivity index (χ4n) is 2.61. The molecule has 0 fully saturated rings. The summed E-state index contributed by atoms with van der Waals surface area (Å²) in [6, 6.07) is 4.35. The third kappa shape index (κ3) is 2.80. The monoisotopic (exact) mass is 281 g/mol. The predicted octanol–water partition coefficient (Wildman–Crippen LogP) is 3.64. The molecule has 0 atom stereocenters. The molecule has 0 aliphatic carbocycles. The van der Waals surface area contributed by atoms with Gasteiger partial charge in [-0.3, -0.25) is 0 Å². The normalized spacial score (nSPS) is 10.6. The Kier molecular flexibility index (Phi) is 4.37. The van der Waals surface area contributed by atoms with Gasteiger partial charge >= 0.3 is 0 Å². The fraction of sp³-hybridized carbons (Fsp3) is 0.389. The number of anilines is 1. The molecule has 0 spiro atoms. The summed E-state index contributed by atoms with van der Waals surface area (Å²) in [6.45, 7) is 8.93. The molecule has 0 aliphatic rings. The Morgan fingerprint density at radius 3 is 2.48 bits per heavy atom. The molecule has 2 aromatic rings. The minimum Gasteiger partial charge on any atom is -0.383 e. The zero-order chi connectivity index (χ0) is 15.6. The number of hydrogen-bond acceptors (Lipinski definition) is 2. The summed E-state index contributed by atoms with van der Waals surface area (Å²) < 4.78 is 1.95. The summed E-state index contributed by atoms with van der Waals surface area (Å²) in [7, 11) is 0. The Hall–Kier alpha value is -2.21. The van der Waals surface area contributed by atoms with E-state index >= 15 is 0 Å². The number of terminal acetylenes is 1. The molecule has 0 radical (unpaired) electrons. The summed E-state index contributed by atoms with van der Waals surface area (Å²) in [5.41, 5.74) is 12.0. The van der Waals surface area contributed by atoms with Gasteiger partial charge in [0.25, 0.3) is 0 Å². The number of rotatable bonds is 4. The van der Waals surface area contributed by atoms with Crippen LogP contribution in [0.25, 0.3) is 11.3 Å². The maximum Gasteiger partial charge on any atom is 0.132 e. The molecular weight excluding hydrogens is 258 g/mol. The Morgan fingerprint density at radius 1 is 1.19 bits per heavy atom. The van der Waals surface area contributed by atoms with Crippen LogP contribution in [0, 0.1) is 33.1 Å². The van der Waals surface area contributed by atoms with Gasteiger partial charge in [-0.25, -0.2) is 4.98 Å². The molecule has 0 amide bonds. The van der Waals surface area contributed by atoms with Crippen molar-refractivity contribution in [3.05, 3.63) is 34.6 Å². The van der Waals surface area contributed by atoms with Crippen LogP contribution in [0.1, 0.15) is 35.9 Å². The Balaban J connectivity index is 2.62. The van der Waals surface area contributed by atoms with Gasteiger partial charge in [-0.2, -0.15) is 0 Å². The Morgan fingerprint density at radius 2 is 1.86 bits per heavy atom. The summed E-state index contributed by atoms with van der Waals surface area (Å²) in [5.74, 6) is 4.31. The van der Waals surface area contributed by atoms with Crippen LogP contribution < -0.4 is 5.73 Å². The first-order chi connectivity index (χ1) is 9.99. The quantitative estimate of drug-likeness (QED) is 0.869. The van der Waals surface area contributed by atoms with Crippen LogP contribution in [-0.2, 0) is 13.0 Å². The van der Waals surface area contributed by atoms with Gasteiger partial charge in [0, 0.05) is 12.0 Å². The van der Waals surface area contributed by atoms with Crippen LogP contribution >= 0.6 is 0 Å². The summed E-state index contributed by atoms with van der Waals surface area (Å²) >= 11 is 0. The largest absolute Gasteiger partial charge is 0.383 e. The van der Waals surface area contributed by atoms with Crippen molar-refractivity contribution in [3.8, 4) is 23.6 Å². The molecule has 0 bridgehead atoms. The maximum absolute atomic E-state index is 6.31. The van der Waals surface area contributed by atoms with Gasteiger partial charge in [0.1, 0.15) is 17.3 Å². The molecule has 0 saturated carbocycles. The van der Waals surface area contributed by atoms with Crippen molar-refractivity contribution in [2.24, 2.45) is 0 Å². The average Bonchev–Trinajstić information content (AvgIpc) is 2.73. The van der Waals surface area contributed by atoms with Gasteiger partial charge in [-0.15, -0.1) is 6.42 Å². The lowest BCUT2D eigenvalue weighted by Crippen LogP contribution is -2.06. The smallest absolute Gasteiger partial charge is 0.132 e. The van der Waals surface area contributed by atoms with Crippen LogP contribution in [0.2, 0.25) is 0 Å². The number of nitrogens with zero attached hydrogens (tertiary/aromatic N) is 2. The van der Waals surface area contributed by atoms with E-state index in [1.54, 1.807) is 0 Å². The molecule has 0 unspecified atom stereocenters. The summed E-state index contributed by atoms with van der Waals surface area (Å²) in [5, 5.41) is 0. The van der Waals surface area contributed by atoms with Gasteiger partial charge in [0.2, 0.25) is 0 Å². The second kappa shape index (κ2) is 6.05. The van der Waals surface area contributed by atoms with Crippen LogP contribution in [0.3, 0.4) is 0 Å². The maximum atomic E-state index is 6.31. The van der Waals surface area contributed by atoms with Crippen molar-refractivity contribution >= 4 is 5.82 Å². The molecule has 3 nitrogen and oxygen atoms in total. The number of aryl methyl sites for hydroxylation is 4. The fourth-order valence-corrected chi connectivity index (χ4v) is 2.61. The lowest BCUT2D eigenvalue weighted by molar-refractivity contribution is 0.733.